The third-order valence-corrected chi connectivity index (χ3v) is 2.33. The maximum absolute atomic E-state index is 10.4. The molecule has 0 aromatic heterocycles. The summed E-state index contributed by atoms with van der Waals surface area (Å²) >= 11 is -2.61. The lowest BCUT2D eigenvalue weighted by atomic mass is 10.1. The van der Waals surface area contributed by atoms with Crippen LogP contribution in [-0.2, 0) is 11.4 Å². The van der Waals surface area contributed by atoms with E-state index in [4.69, 9.17) is 0 Å². The van der Waals surface area contributed by atoms with Crippen LogP contribution in [0.1, 0.15) is 0 Å². The number of phenolic OH excluding ortho intramolecular Hbond substituents is 1. The Morgan fingerprint density at radius 3 is 2.53 bits per heavy atom. The Bertz CT molecular complexity index is 524. The molecule has 5 heteroatoms. The highest BCUT2D eigenvalue weighted by Gasteiger charge is 2.04. The van der Waals surface area contributed by atoms with Crippen molar-refractivity contribution < 1.29 is 18.1 Å². The van der Waals surface area contributed by atoms with Crippen LogP contribution in [0.2, 0.25) is 0 Å². The van der Waals surface area contributed by atoms with E-state index in [0.717, 1.165) is 0 Å². The number of phenols is 1. The lowest BCUT2D eigenvalue weighted by Gasteiger charge is -2.10. The van der Waals surface area contributed by atoms with Crippen LogP contribution in [0.5, 0.6) is 11.5 Å². The minimum Gasteiger partial charge on any atom is -0.740 e. The molecular weight excluding hydrogens is 216 g/mol. The molecule has 0 radical (unpaired) electrons. The lowest BCUT2D eigenvalue weighted by molar-refractivity contribution is 0.442. The van der Waals surface area contributed by atoms with E-state index in [1.807, 2.05) is 0 Å². The standard InChI is InChI=1S/C10H8O4S/c11-9-5-1-4-8-7(9)3-2-6-10(8)14-15(12)13/h1-6,11H,(H,12,13)/p-1. The topological polar surface area (TPSA) is 69.6 Å². The normalized spacial score (nSPS) is 12.6. The predicted octanol–water partition coefficient (Wildman–Crippen LogP) is 1.72. The van der Waals surface area contributed by atoms with Gasteiger partial charge < -0.3 is 13.8 Å². The second kappa shape index (κ2) is 3.88. The molecule has 0 saturated heterocycles. The molecule has 4 nitrogen and oxygen atoms in total. The van der Waals surface area contributed by atoms with Crippen molar-refractivity contribution in [3.63, 3.8) is 0 Å². The summed E-state index contributed by atoms with van der Waals surface area (Å²) in [5.41, 5.74) is 0. The van der Waals surface area contributed by atoms with Crippen molar-refractivity contribution in [2.24, 2.45) is 0 Å². The van der Waals surface area contributed by atoms with E-state index < -0.39 is 11.4 Å². The van der Waals surface area contributed by atoms with Crippen LogP contribution in [0, 0.1) is 0 Å². The van der Waals surface area contributed by atoms with E-state index in [-0.39, 0.29) is 11.5 Å². The number of fused-ring (bicyclic) bond motifs is 1. The third kappa shape index (κ3) is 1.93. The summed E-state index contributed by atoms with van der Waals surface area (Å²) < 4.78 is 25.4. The molecule has 0 bridgehead atoms. The van der Waals surface area contributed by atoms with Gasteiger partial charge in [-0.25, -0.2) is 4.21 Å². The summed E-state index contributed by atoms with van der Waals surface area (Å²) in [6.45, 7) is 0. The van der Waals surface area contributed by atoms with Crippen molar-refractivity contribution in [2.45, 2.75) is 0 Å². The molecule has 0 fully saturated rings. The largest absolute Gasteiger partial charge is 0.740 e. The monoisotopic (exact) mass is 223 g/mol. The van der Waals surface area contributed by atoms with Gasteiger partial charge in [-0.3, -0.25) is 0 Å². The van der Waals surface area contributed by atoms with Gasteiger partial charge in [-0.05, 0) is 12.1 Å². The molecule has 1 unspecified atom stereocenters. The van der Waals surface area contributed by atoms with Crippen molar-refractivity contribution in [3.8, 4) is 11.5 Å². The molecule has 15 heavy (non-hydrogen) atoms. The van der Waals surface area contributed by atoms with Crippen molar-refractivity contribution in [3.05, 3.63) is 36.4 Å². The first-order chi connectivity index (χ1) is 7.18. The van der Waals surface area contributed by atoms with Crippen molar-refractivity contribution in [1.82, 2.24) is 0 Å². The van der Waals surface area contributed by atoms with E-state index in [2.05, 4.69) is 4.18 Å². The Kier molecular flexibility index (Phi) is 2.57. The first-order valence-corrected chi connectivity index (χ1v) is 5.17. The highest BCUT2D eigenvalue weighted by Crippen LogP contribution is 2.31. The van der Waals surface area contributed by atoms with Gasteiger partial charge in [0.05, 0.1) is 0 Å². The second-order valence-electron chi connectivity index (χ2n) is 2.92. The zero-order valence-electron chi connectivity index (χ0n) is 7.54. The minimum atomic E-state index is -2.61. The van der Waals surface area contributed by atoms with Crippen LogP contribution in [0.4, 0.5) is 0 Å². The SMILES string of the molecule is O=S([O-])Oc1cccc2c(O)cccc12. The summed E-state index contributed by atoms with van der Waals surface area (Å²) in [4.78, 5) is 0. The first-order valence-electron chi connectivity index (χ1n) is 4.17. The van der Waals surface area contributed by atoms with Crippen LogP contribution in [0.25, 0.3) is 10.8 Å². The molecular formula is C10H7O4S-. The van der Waals surface area contributed by atoms with Gasteiger partial charge in [-0.1, -0.05) is 24.3 Å². The van der Waals surface area contributed by atoms with E-state index in [1.54, 1.807) is 24.3 Å². The van der Waals surface area contributed by atoms with Crippen LogP contribution < -0.4 is 4.18 Å². The Labute approximate surface area is 88.6 Å². The Morgan fingerprint density at radius 1 is 1.13 bits per heavy atom. The molecule has 2 aromatic carbocycles. The molecule has 0 aliphatic rings. The molecule has 2 aromatic rings. The molecule has 0 amide bonds. The van der Waals surface area contributed by atoms with Crippen molar-refractivity contribution in [1.29, 1.82) is 0 Å². The molecule has 2 rings (SSSR count). The van der Waals surface area contributed by atoms with Gasteiger partial charge >= 0.3 is 0 Å². The van der Waals surface area contributed by atoms with Crippen LogP contribution in [0.15, 0.2) is 36.4 Å². The molecule has 0 spiro atoms. The Balaban J connectivity index is 2.65. The van der Waals surface area contributed by atoms with Gasteiger partial charge in [0.1, 0.15) is 22.9 Å². The average Bonchev–Trinajstić information content (AvgIpc) is 2.19. The third-order valence-electron chi connectivity index (χ3n) is 2.02. The average molecular weight is 223 g/mol. The Hall–Kier alpha value is -1.59. The van der Waals surface area contributed by atoms with Crippen LogP contribution in [0.3, 0.4) is 0 Å². The van der Waals surface area contributed by atoms with E-state index in [0.29, 0.717) is 10.8 Å². The zero-order chi connectivity index (χ0) is 10.8. The molecule has 0 aliphatic heterocycles. The van der Waals surface area contributed by atoms with Gasteiger partial charge in [0.15, 0.2) is 0 Å². The van der Waals surface area contributed by atoms with Crippen molar-refractivity contribution >= 4 is 22.1 Å². The summed E-state index contributed by atoms with van der Waals surface area (Å²) in [6.07, 6.45) is 0. The Morgan fingerprint density at radius 2 is 1.80 bits per heavy atom. The lowest BCUT2D eigenvalue weighted by Crippen LogP contribution is -1.98. The van der Waals surface area contributed by atoms with E-state index in [1.165, 1.54) is 12.1 Å². The number of hydrogen-bond donors (Lipinski definition) is 1. The first kappa shape index (κ1) is 9.95. The maximum atomic E-state index is 10.4. The molecule has 1 N–H and O–H groups in total. The fraction of sp³-hybridized carbons (Fsp3) is 0. The fourth-order valence-electron chi connectivity index (χ4n) is 1.41. The smallest absolute Gasteiger partial charge is 0.147 e. The maximum Gasteiger partial charge on any atom is 0.147 e. The summed E-state index contributed by atoms with van der Waals surface area (Å²) in [7, 11) is 0. The van der Waals surface area contributed by atoms with Gasteiger partial charge in [-0.2, -0.15) is 0 Å². The quantitative estimate of drug-likeness (QED) is 0.787. The molecule has 1 atom stereocenters. The van der Waals surface area contributed by atoms with E-state index in [9.17, 15) is 13.9 Å². The fourth-order valence-corrected chi connectivity index (χ4v) is 1.70. The summed E-state index contributed by atoms with van der Waals surface area (Å²) in [6, 6.07) is 9.66. The number of rotatable bonds is 2. The van der Waals surface area contributed by atoms with Crippen LogP contribution in [-0.4, -0.2) is 13.9 Å². The predicted molar refractivity (Wildman–Crippen MR) is 55.2 cm³/mol. The van der Waals surface area contributed by atoms with Gasteiger partial charge in [-0.15, -0.1) is 0 Å². The van der Waals surface area contributed by atoms with Gasteiger partial charge in [0.25, 0.3) is 0 Å². The number of aromatic hydroxyl groups is 1. The van der Waals surface area contributed by atoms with Gasteiger partial charge in [0, 0.05) is 10.8 Å². The highest BCUT2D eigenvalue weighted by molar-refractivity contribution is 7.74. The second-order valence-corrected chi connectivity index (χ2v) is 3.49. The minimum absolute atomic E-state index is 0.0923. The highest BCUT2D eigenvalue weighted by atomic mass is 32.2. The summed E-state index contributed by atoms with van der Waals surface area (Å²) in [5, 5.41) is 10.6. The van der Waals surface area contributed by atoms with E-state index >= 15 is 0 Å². The molecule has 0 aliphatic carbocycles. The molecule has 0 saturated carbocycles. The molecule has 78 valence electrons. The van der Waals surface area contributed by atoms with Gasteiger partial charge in [0.2, 0.25) is 0 Å². The van der Waals surface area contributed by atoms with Crippen molar-refractivity contribution in [2.75, 3.05) is 0 Å². The number of hydrogen-bond acceptors (Lipinski definition) is 4. The molecule has 0 heterocycles. The summed E-state index contributed by atoms with van der Waals surface area (Å²) in [5.74, 6) is 0.298. The number of benzene rings is 2. The zero-order valence-corrected chi connectivity index (χ0v) is 8.36. The van der Waals surface area contributed by atoms with Crippen LogP contribution >= 0.6 is 0 Å².